The van der Waals surface area contributed by atoms with Gasteiger partial charge in [0.1, 0.15) is 39.1 Å². The second-order valence-corrected chi connectivity index (χ2v) is 13.1. The third-order valence-electron chi connectivity index (χ3n) is 8.26. The van der Waals surface area contributed by atoms with Crippen molar-refractivity contribution in [3.63, 3.8) is 0 Å². The highest BCUT2D eigenvalue weighted by Crippen LogP contribution is 2.44. The number of phenols is 2. The molecular weight excluding hydrogens is 722 g/mol. The van der Waals surface area contributed by atoms with Gasteiger partial charge in [-0.15, -0.1) is 20.5 Å². The largest absolute Gasteiger partial charge is 0.505 e. The fourth-order valence-corrected chi connectivity index (χ4v) is 6.27. The van der Waals surface area contributed by atoms with Crippen molar-refractivity contribution < 1.29 is 52.5 Å². The Morgan fingerprint density at radius 2 is 1.09 bits per heavy atom. The zero-order valence-electron chi connectivity index (χ0n) is 28.5. The van der Waals surface area contributed by atoms with Gasteiger partial charge in [-0.3, -0.25) is 4.55 Å². The molecule has 0 aliphatic heterocycles. The number of fused-ring (bicyclic) bond motifs is 2. The predicted molar refractivity (Wildman–Crippen MR) is 197 cm³/mol. The lowest BCUT2D eigenvalue weighted by Crippen LogP contribution is -1.99. The van der Waals surface area contributed by atoms with Crippen LogP contribution in [0.4, 0.5) is 34.1 Å². The van der Waals surface area contributed by atoms with E-state index in [9.17, 15) is 43.0 Å². The van der Waals surface area contributed by atoms with E-state index in [2.05, 4.69) is 25.8 Å². The van der Waals surface area contributed by atoms with Crippen molar-refractivity contribution in [3.05, 3.63) is 102 Å². The number of methoxy groups -OCH3 is 2. The number of hydrogen-bond donors (Lipinski definition) is 6. The summed E-state index contributed by atoms with van der Waals surface area (Å²) in [5.41, 5.74) is 1.14. The van der Waals surface area contributed by atoms with Crippen LogP contribution in [0.3, 0.4) is 0 Å². The van der Waals surface area contributed by atoms with Crippen LogP contribution in [0.1, 0.15) is 26.3 Å². The lowest BCUT2D eigenvalue weighted by molar-refractivity contribution is 0.0686. The van der Waals surface area contributed by atoms with Crippen LogP contribution in [0.5, 0.6) is 23.0 Å². The number of hydrogen-bond acceptors (Lipinski definition) is 13. The molecule has 274 valence electrons. The maximum Gasteiger partial charge on any atom is 0.335 e. The Kier molecular flexibility index (Phi) is 9.84. The molecular formula is C37H29N5O11S. The normalized spacial score (nSPS) is 11.8. The number of rotatable bonds is 11. The van der Waals surface area contributed by atoms with Crippen LogP contribution in [-0.4, -0.2) is 59.6 Å². The van der Waals surface area contributed by atoms with E-state index in [1.54, 1.807) is 37.3 Å². The molecule has 0 saturated heterocycles. The predicted octanol–water partition coefficient (Wildman–Crippen LogP) is 8.95. The first-order valence-electron chi connectivity index (χ1n) is 15.6. The summed E-state index contributed by atoms with van der Waals surface area (Å²) < 4.78 is 45.4. The number of carboxylic acids is 2. The lowest BCUT2D eigenvalue weighted by atomic mass is 10.0. The van der Waals surface area contributed by atoms with Crippen LogP contribution in [0, 0.1) is 6.92 Å². The highest BCUT2D eigenvalue weighted by Gasteiger charge is 2.23. The summed E-state index contributed by atoms with van der Waals surface area (Å²) in [7, 11) is -2.23. The van der Waals surface area contributed by atoms with Crippen molar-refractivity contribution in [1.29, 1.82) is 0 Å². The molecule has 6 aromatic carbocycles. The lowest BCUT2D eigenvalue weighted by Gasteiger charge is -2.13. The molecule has 0 aliphatic rings. The molecule has 17 heteroatoms. The second-order valence-electron chi connectivity index (χ2n) is 11.7. The summed E-state index contributed by atoms with van der Waals surface area (Å²) in [5, 5.41) is 61.8. The SMILES string of the molecule is COc1ccc(C(=O)O)cc1N=Nc1c(C)cc2cc(Nc3ccc4c(O)c(N=Nc5cc(C(=O)O)ccc5OC)c(S(=O)(=O)O)cc4c3)ccc2c1O. The number of benzene rings is 6. The molecule has 54 heavy (non-hydrogen) atoms. The van der Waals surface area contributed by atoms with E-state index in [0.717, 1.165) is 12.1 Å². The van der Waals surface area contributed by atoms with E-state index in [1.165, 1.54) is 56.7 Å². The number of aromatic hydroxyl groups is 2. The van der Waals surface area contributed by atoms with Crippen molar-refractivity contribution in [2.24, 2.45) is 20.5 Å². The number of azo groups is 2. The number of nitrogens with one attached hydrogen (secondary N) is 1. The number of ether oxygens (including phenoxy) is 2. The fourth-order valence-electron chi connectivity index (χ4n) is 5.62. The third-order valence-corrected chi connectivity index (χ3v) is 9.13. The van der Waals surface area contributed by atoms with Gasteiger partial charge in [0.2, 0.25) is 0 Å². The molecule has 0 fully saturated rings. The number of carboxylic acid groups (broad SMARTS) is 2. The third kappa shape index (κ3) is 7.29. The number of nitrogens with zero attached hydrogens (tertiary/aromatic N) is 4. The van der Waals surface area contributed by atoms with Crippen molar-refractivity contribution in [2.75, 3.05) is 19.5 Å². The summed E-state index contributed by atoms with van der Waals surface area (Å²) in [6, 6.07) is 20.5. The summed E-state index contributed by atoms with van der Waals surface area (Å²) in [6.45, 7) is 1.72. The number of carbonyl (C=O) groups is 2. The zero-order chi connectivity index (χ0) is 38.9. The topological polar surface area (TPSA) is 249 Å². The van der Waals surface area contributed by atoms with E-state index in [-0.39, 0.29) is 50.5 Å². The van der Waals surface area contributed by atoms with Crippen LogP contribution >= 0.6 is 0 Å². The summed E-state index contributed by atoms with van der Waals surface area (Å²) >= 11 is 0. The van der Waals surface area contributed by atoms with Crippen molar-refractivity contribution in [1.82, 2.24) is 0 Å². The number of aromatic carboxylic acids is 2. The molecule has 6 N–H and O–H groups in total. The maximum atomic E-state index is 12.5. The minimum Gasteiger partial charge on any atom is -0.505 e. The van der Waals surface area contributed by atoms with E-state index >= 15 is 0 Å². The molecule has 0 radical (unpaired) electrons. The van der Waals surface area contributed by atoms with Gasteiger partial charge in [-0.2, -0.15) is 8.42 Å². The van der Waals surface area contributed by atoms with Gasteiger partial charge in [0.05, 0.1) is 25.3 Å². The van der Waals surface area contributed by atoms with Gasteiger partial charge in [0.15, 0.2) is 11.5 Å². The molecule has 0 amide bonds. The summed E-state index contributed by atoms with van der Waals surface area (Å²) in [4.78, 5) is 22.1. The molecule has 0 saturated carbocycles. The Morgan fingerprint density at radius 3 is 1.56 bits per heavy atom. The second kappa shape index (κ2) is 14.5. The Balaban J connectivity index is 1.32. The van der Waals surface area contributed by atoms with Crippen molar-refractivity contribution in [2.45, 2.75) is 11.8 Å². The molecule has 0 aliphatic carbocycles. The van der Waals surface area contributed by atoms with Crippen molar-refractivity contribution >= 4 is 77.7 Å². The first-order chi connectivity index (χ1) is 25.7. The van der Waals surface area contributed by atoms with Gasteiger partial charge in [-0.1, -0.05) is 0 Å². The van der Waals surface area contributed by atoms with Crippen LogP contribution in [0.15, 0.2) is 110 Å². The molecule has 0 unspecified atom stereocenters. The summed E-state index contributed by atoms with van der Waals surface area (Å²) in [6.07, 6.45) is 0. The molecule has 6 rings (SSSR count). The molecule has 0 atom stereocenters. The highest BCUT2D eigenvalue weighted by atomic mass is 32.2. The minimum atomic E-state index is -4.95. The first-order valence-corrected chi connectivity index (χ1v) is 17.1. The van der Waals surface area contributed by atoms with E-state index in [4.69, 9.17) is 9.47 Å². The van der Waals surface area contributed by atoms with E-state index in [1.807, 2.05) is 0 Å². The number of phenolic OH excluding ortho intramolecular Hbond substituents is 2. The Labute approximate surface area is 306 Å². The monoisotopic (exact) mass is 751 g/mol. The van der Waals surface area contributed by atoms with Crippen LogP contribution in [0.2, 0.25) is 0 Å². The van der Waals surface area contributed by atoms with Crippen molar-refractivity contribution in [3.8, 4) is 23.0 Å². The smallest absolute Gasteiger partial charge is 0.335 e. The average Bonchev–Trinajstić information content (AvgIpc) is 3.13. The van der Waals surface area contributed by atoms with E-state index < -0.39 is 38.4 Å². The molecule has 16 nitrogen and oxygen atoms in total. The average molecular weight is 752 g/mol. The fraction of sp³-hybridized carbons (Fsp3) is 0.0811. The van der Waals surface area contributed by atoms with Crippen LogP contribution < -0.4 is 14.8 Å². The standard InChI is InChI=1S/C37H29N5O11S/c1-18-12-21-13-23(6-8-25(21)34(43)32(18)41-39-27-15-19(36(45)46)4-10-29(27)52-2)38-24-7-9-26-22(14-24)17-31(54(49,50)51)33(35(26)44)42-40-28-16-20(37(47)48)5-11-30(28)53-3/h4-17,38,43-44H,1-3H3,(H,45,46)(H,47,48)(H,49,50,51). The highest BCUT2D eigenvalue weighted by molar-refractivity contribution is 7.86. The first kappa shape index (κ1) is 36.7. The molecule has 0 bridgehead atoms. The maximum absolute atomic E-state index is 12.5. The van der Waals surface area contributed by atoms with Gasteiger partial charge in [0.25, 0.3) is 10.1 Å². The number of anilines is 2. The molecule has 0 spiro atoms. The zero-order valence-corrected chi connectivity index (χ0v) is 29.3. The van der Waals surface area contributed by atoms with Gasteiger partial charge < -0.3 is 35.2 Å². The van der Waals surface area contributed by atoms with Gasteiger partial charge in [-0.25, -0.2) is 9.59 Å². The molecule has 6 aromatic rings. The Bertz CT molecular complexity index is 2700. The quantitative estimate of drug-likeness (QED) is 0.0536. The molecule has 0 aromatic heterocycles. The minimum absolute atomic E-state index is 0.0123. The van der Waals surface area contributed by atoms with Crippen LogP contribution in [-0.2, 0) is 10.1 Å². The van der Waals surface area contributed by atoms with Crippen LogP contribution in [0.25, 0.3) is 21.5 Å². The van der Waals surface area contributed by atoms with E-state index in [0.29, 0.717) is 33.5 Å². The molecule has 0 heterocycles. The Morgan fingerprint density at radius 1 is 0.630 bits per heavy atom. The van der Waals surface area contributed by atoms with Gasteiger partial charge in [-0.05, 0) is 108 Å². The number of aryl methyl sites for hydroxylation is 1. The summed E-state index contributed by atoms with van der Waals surface area (Å²) in [5.74, 6) is -2.75. The van der Waals surface area contributed by atoms with Gasteiger partial charge >= 0.3 is 11.9 Å². The Hall–Kier alpha value is -7.11. The van der Waals surface area contributed by atoms with Gasteiger partial charge in [0, 0.05) is 22.1 Å².